The number of sulfone groups is 1. The van der Waals surface area contributed by atoms with Gasteiger partial charge in [0.2, 0.25) is 5.91 Å². The van der Waals surface area contributed by atoms with Crippen LogP contribution >= 0.6 is 0 Å². The summed E-state index contributed by atoms with van der Waals surface area (Å²) >= 11 is 0. The molecular formula is C10H19N3O3S. The van der Waals surface area contributed by atoms with E-state index in [1.165, 1.54) is 0 Å². The van der Waals surface area contributed by atoms with Gasteiger partial charge in [0.05, 0.1) is 11.5 Å². The monoisotopic (exact) mass is 261 g/mol. The molecular weight excluding hydrogens is 242 g/mol. The van der Waals surface area contributed by atoms with Crippen molar-refractivity contribution in [1.82, 2.24) is 10.2 Å². The summed E-state index contributed by atoms with van der Waals surface area (Å²) in [6.07, 6.45) is 1.52. The minimum atomic E-state index is -2.94. The fourth-order valence-corrected chi connectivity index (χ4v) is 4.40. The third kappa shape index (κ3) is 2.97. The van der Waals surface area contributed by atoms with Gasteiger partial charge in [-0.3, -0.25) is 9.69 Å². The van der Waals surface area contributed by atoms with Crippen LogP contribution in [0.2, 0.25) is 0 Å². The van der Waals surface area contributed by atoms with Gasteiger partial charge < -0.3 is 11.1 Å². The van der Waals surface area contributed by atoms with Crippen LogP contribution in [0.1, 0.15) is 12.8 Å². The van der Waals surface area contributed by atoms with E-state index < -0.39 is 9.84 Å². The molecule has 3 N–H and O–H groups in total. The minimum absolute atomic E-state index is 0.0478. The van der Waals surface area contributed by atoms with Crippen LogP contribution in [0.25, 0.3) is 0 Å². The SMILES string of the molecule is NC(=O)C1CNCCN1C1CCCS(=O)(=O)C1. The van der Waals surface area contributed by atoms with Crippen molar-refractivity contribution in [2.24, 2.45) is 5.73 Å². The molecule has 2 saturated heterocycles. The molecule has 2 fully saturated rings. The Bertz CT molecular complexity index is 396. The number of nitrogens with zero attached hydrogens (tertiary/aromatic N) is 1. The summed E-state index contributed by atoms with van der Waals surface area (Å²) in [6.45, 7) is 1.99. The molecule has 2 heterocycles. The summed E-state index contributed by atoms with van der Waals surface area (Å²) in [5.74, 6) is 0.0633. The van der Waals surface area contributed by atoms with Crippen molar-refractivity contribution in [3.8, 4) is 0 Å². The molecule has 0 aromatic carbocycles. The van der Waals surface area contributed by atoms with E-state index in [1.807, 2.05) is 4.90 Å². The van der Waals surface area contributed by atoms with Crippen molar-refractivity contribution >= 4 is 15.7 Å². The molecule has 0 saturated carbocycles. The summed E-state index contributed by atoms with van der Waals surface area (Å²) in [5, 5.41) is 3.11. The van der Waals surface area contributed by atoms with Crippen LogP contribution in [-0.2, 0) is 14.6 Å². The lowest BCUT2D eigenvalue weighted by Crippen LogP contribution is -2.61. The lowest BCUT2D eigenvalue weighted by molar-refractivity contribution is -0.124. The van der Waals surface area contributed by atoms with Gasteiger partial charge in [-0.2, -0.15) is 0 Å². The average Bonchev–Trinajstić information content (AvgIpc) is 2.27. The first-order valence-corrected chi connectivity index (χ1v) is 7.78. The number of nitrogens with one attached hydrogen (secondary N) is 1. The third-order valence-corrected chi connectivity index (χ3v) is 5.32. The second-order valence-corrected chi connectivity index (χ2v) is 7.00. The fraction of sp³-hybridized carbons (Fsp3) is 0.900. The van der Waals surface area contributed by atoms with E-state index in [-0.39, 0.29) is 29.5 Å². The van der Waals surface area contributed by atoms with Crippen molar-refractivity contribution in [3.05, 3.63) is 0 Å². The zero-order valence-electron chi connectivity index (χ0n) is 9.76. The fourth-order valence-electron chi connectivity index (χ4n) is 2.68. The number of carbonyl (C=O) groups is 1. The van der Waals surface area contributed by atoms with Gasteiger partial charge in [-0.05, 0) is 12.8 Å². The van der Waals surface area contributed by atoms with E-state index in [9.17, 15) is 13.2 Å². The van der Waals surface area contributed by atoms with Crippen LogP contribution < -0.4 is 11.1 Å². The Morgan fingerprint density at radius 3 is 2.82 bits per heavy atom. The first-order chi connectivity index (χ1) is 7.99. The quantitative estimate of drug-likeness (QED) is 0.619. The van der Waals surface area contributed by atoms with Gasteiger partial charge in [0.15, 0.2) is 9.84 Å². The molecule has 0 radical (unpaired) electrons. The van der Waals surface area contributed by atoms with E-state index in [0.29, 0.717) is 19.5 Å². The summed E-state index contributed by atoms with van der Waals surface area (Å²) in [4.78, 5) is 13.3. The first kappa shape index (κ1) is 12.8. The molecule has 0 bridgehead atoms. The minimum Gasteiger partial charge on any atom is -0.368 e. The Morgan fingerprint density at radius 1 is 1.41 bits per heavy atom. The van der Waals surface area contributed by atoms with E-state index in [1.54, 1.807) is 0 Å². The maximum absolute atomic E-state index is 11.6. The molecule has 17 heavy (non-hydrogen) atoms. The Balaban J connectivity index is 2.11. The highest BCUT2D eigenvalue weighted by Crippen LogP contribution is 2.20. The van der Waals surface area contributed by atoms with Crippen molar-refractivity contribution in [3.63, 3.8) is 0 Å². The second-order valence-electron chi connectivity index (χ2n) is 4.77. The maximum atomic E-state index is 11.6. The second kappa shape index (κ2) is 4.91. The van der Waals surface area contributed by atoms with E-state index in [2.05, 4.69) is 5.32 Å². The van der Waals surface area contributed by atoms with Crippen LogP contribution in [0.3, 0.4) is 0 Å². The molecule has 2 rings (SSSR count). The summed E-state index contributed by atoms with van der Waals surface area (Å²) < 4.78 is 23.2. The Kier molecular flexibility index (Phi) is 3.70. The standard InChI is InChI=1S/C10H19N3O3S/c11-10(14)9-6-12-3-4-13(9)8-2-1-5-17(15,16)7-8/h8-9,12H,1-7H2,(H2,11,14). The van der Waals surface area contributed by atoms with Crippen LogP contribution in [0.4, 0.5) is 0 Å². The van der Waals surface area contributed by atoms with Crippen molar-refractivity contribution in [2.75, 3.05) is 31.1 Å². The molecule has 6 nitrogen and oxygen atoms in total. The first-order valence-electron chi connectivity index (χ1n) is 5.96. The van der Waals surface area contributed by atoms with Crippen molar-refractivity contribution in [2.45, 2.75) is 24.9 Å². The molecule has 7 heteroatoms. The molecule has 0 aromatic rings. The van der Waals surface area contributed by atoms with E-state index in [0.717, 1.165) is 13.0 Å². The number of carbonyl (C=O) groups excluding carboxylic acids is 1. The van der Waals surface area contributed by atoms with Crippen LogP contribution in [-0.4, -0.2) is 62.4 Å². The van der Waals surface area contributed by atoms with Crippen LogP contribution in [0.5, 0.6) is 0 Å². The van der Waals surface area contributed by atoms with Gasteiger partial charge in [-0.15, -0.1) is 0 Å². The third-order valence-electron chi connectivity index (χ3n) is 3.52. The van der Waals surface area contributed by atoms with E-state index >= 15 is 0 Å². The lowest BCUT2D eigenvalue weighted by atomic mass is 10.1. The highest BCUT2D eigenvalue weighted by atomic mass is 32.2. The number of nitrogens with two attached hydrogens (primary N) is 1. The van der Waals surface area contributed by atoms with Crippen molar-refractivity contribution < 1.29 is 13.2 Å². The molecule has 1 amide bonds. The highest BCUT2D eigenvalue weighted by Gasteiger charge is 2.36. The van der Waals surface area contributed by atoms with Gasteiger partial charge in [0.1, 0.15) is 6.04 Å². The molecule has 0 aromatic heterocycles. The van der Waals surface area contributed by atoms with Crippen LogP contribution in [0, 0.1) is 0 Å². The predicted molar refractivity (Wildman–Crippen MR) is 64.2 cm³/mol. The summed E-state index contributed by atoms with van der Waals surface area (Å²) in [5.41, 5.74) is 5.36. The molecule has 2 unspecified atom stereocenters. The zero-order chi connectivity index (χ0) is 12.5. The molecule has 2 atom stereocenters. The summed E-state index contributed by atoms with van der Waals surface area (Å²) in [6, 6.07) is -0.421. The van der Waals surface area contributed by atoms with E-state index in [4.69, 9.17) is 5.73 Å². The van der Waals surface area contributed by atoms with Gasteiger partial charge in [-0.25, -0.2) is 8.42 Å². The maximum Gasteiger partial charge on any atom is 0.236 e. The molecule has 0 spiro atoms. The van der Waals surface area contributed by atoms with Gasteiger partial charge in [-0.1, -0.05) is 0 Å². The predicted octanol–water partition coefficient (Wildman–Crippen LogP) is -1.68. The number of rotatable bonds is 2. The molecule has 2 aliphatic heterocycles. The zero-order valence-corrected chi connectivity index (χ0v) is 10.6. The Hall–Kier alpha value is -0.660. The average molecular weight is 261 g/mol. The lowest BCUT2D eigenvalue weighted by Gasteiger charge is -2.41. The number of piperazine rings is 1. The molecule has 98 valence electrons. The largest absolute Gasteiger partial charge is 0.368 e. The number of primary amides is 1. The summed E-state index contributed by atoms with van der Waals surface area (Å²) in [7, 11) is -2.94. The van der Waals surface area contributed by atoms with Crippen LogP contribution in [0.15, 0.2) is 0 Å². The smallest absolute Gasteiger partial charge is 0.236 e. The van der Waals surface area contributed by atoms with Crippen molar-refractivity contribution in [1.29, 1.82) is 0 Å². The van der Waals surface area contributed by atoms with Gasteiger partial charge >= 0.3 is 0 Å². The topological polar surface area (TPSA) is 92.5 Å². The normalized spacial score (nSPS) is 34.4. The Morgan fingerprint density at radius 2 is 2.18 bits per heavy atom. The number of amides is 1. The number of hydrogen-bond donors (Lipinski definition) is 2. The van der Waals surface area contributed by atoms with Gasteiger partial charge in [0, 0.05) is 25.7 Å². The highest BCUT2D eigenvalue weighted by molar-refractivity contribution is 7.91. The Labute approximate surface area is 101 Å². The van der Waals surface area contributed by atoms with Gasteiger partial charge in [0.25, 0.3) is 0 Å². The molecule has 2 aliphatic rings. The molecule has 0 aliphatic carbocycles. The number of hydrogen-bond acceptors (Lipinski definition) is 5.